The van der Waals surface area contributed by atoms with E-state index in [2.05, 4.69) is 0 Å². The SMILES string of the molecule is CCCC(C(=O)O)N1C(=O)[C@H]2CC=CC[C@H]2C1=O. The van der Waals surface area contributed by atoms with Crippen molar-refractivity contribution >= 4 is 17.8 Å². The summed E-state index contributed by atoms with van der Waals surface area (Å²) < 4.78 is 0. The number of carboxylic acid groups (broad SMARTS) is 1. The summed E-state index contributed by atoms with van der Waals surface area (Å²) in [5.41, 5.74) is 0. The van der Waals surface area contributed by atoms with Gasteiger partial charge in [-0.2, -0.15) is 0 Å². The zero-order chi connectivity index (χ0) is 13.3. The van der Waals surface area contributed by atoms with E-state index in [0.29, 0.717) is 25.7 Å². The van der Waals surface area contributed by atoms with Crippen molar-refractivity contribution < 1.29 is 19.5 Å². The van der Waals surface area contributed by atoms with Gasteiger partial charge in [0, 0.05) is 0 Å². The smallest absolute Gasteiger partial charge is 0.326 e. The molecule has 5 nitrogen and oxygen atoms in total. The molecule has 2 amide bonds. The summed E-state index contributed by atoms with van der Waals surface area (Å²) in [5, 5.41) is 9.17. The maximum absolute atomic E-state index is 12.2. The van der Waals surface area contributed by atoms with Crippen molar-refractivity contribution in [2.75, 3.05) is 0 Å². The van der Waals surface area contributed by atoms with Crippen molar-refractivity contribution in [3.63, 3.8) is 0 Å². The summed E-state index contributed by atoms with van der Waals surface area (Å²) in [6, 6.07) is -0.999. The minimum Gasteiger partial charge on any atom is -0.480 e. The van der Waals surface area contributed by atoms with Crippen LogP contribution in [0.5, 0.6) is 0 Å². The number of carbonyl (C=O) groups excluding carboxylic acids is 2. The highest BCUT2D eigenvalue weighted by Crippen LogP contribution is 2.36. The predicted molar refractivity (Wildman–Crippen MR) is 63.5 cm³/mol. The molecule has 0 aromatic heterocycles. The first kappa shape index (κ1) is 12.8. The fourth-order valence-corrected chi connectivity index (χ4v) is 2.77. The monoisotopic (exact) mass is 251 g/mol. The van der Waals surface area contributed by atoms with Gasteiger partial charge in [-0.3, -0.25) is 14.5 Å². The first-order valence-electron chi connectivity index (χ1n) is 6.32. The van der Waals surface area contributed by atoms with E-state index in [1.807, 2.05) is 19.1 Å². The van der Waals surface area contributed by atoms with Crippen molar-refractivity contribution in [2.45, 2.75) is 38.6 Å². The summed E-state index contributed by atoms with van der Waals surface area (Å²) in [7, 11) is 0. The second-order valence-electron chi connectivity index (χ2n) is 4.84. The summed E-state index contributed by atoms with van der Waals surface area (Å²) >= 11 is 0. The van der Waals surface area contributed by atoms with Gasteiger partial charge in [-0.05, 0) is 19.3 Å². The van der Waals surface area contributed by atoms with Gasteiger partial charge < -0.3 is 5.11 Å². The number of fused-ring (bicyclic) bond motifs is 1. The molecule has 98 valence electrons. The number of carboxylic acids is 1. The molecule has 1 aliphatic carbocycles. The van der Waals surface area contributed by atoms with Gasteiger partial charge in [-0.1, -0.05) is 25.5 Å². The second kappa shape index (κ2) is 4.92. The number of aliphatic carboxylic acids is 1. The standard InChI is InChI=1S/C13H17NO4/c1-2-5-10(13(17)18)14-11(15)8-6-3-4-7-9(8)12(14)16/h3-4,8-10H,2,5-7H2,1H3,(H,17,18)/t8-,9+,10?. The minimum absolute atomic E-state index is 0.310. The van der Waals surface area contributed by atoms with Crippen LogP contribution in [0.15, 0.2) is 12.2 Å². The Morgan fingerprint density at radius 2 is 1.83 bits per heavy atom. The topological polar surface area (TPSA) is 74.7 Å². The Labute approximate surface area is 105 Å². The first-order valence-corrected chi connectivity index (χ1v) is 6.32. The highest BCUT2D eigenvalue weighted by molar-refractivity contribution is 6.07. The lowest BCUT2D eigenvalue weighted by atomic mass is 9.85. The van der Waals surface area contributed by atoms with Crippen LogP contribution in [-0.2, 0) is 14.4 Å². The number of rotatable bonds is 4. The Kier molecular flexibility index (Phi) is 3.50. The first-order chi connectivity index (χ1) is 8.57. The molecule has 2 rings (SSSR count). The Morgan fingerprint density at radius 1 is 1.33 bits per heavy atom. The lowest BCUT2D eigenvalue weighted by Crippen LogP contribution is -2.45. The highest BCUT2D eigenvalue weighted by atomic mass is 16.4. The fraction of sp³-hybridized carbons (Fsp3) is 0.615. The number of amides is 2. The van der Waals surface area contributed by atoms with Gasteiger partial charge in [0.1, 0.15) is 6.04 Å². The molecule has 1 N–H and O–H groups in total. The number of nitrogens with zero attached hydrogens (tertiary/aromatic N) is 1. The summed E-state index contributed by atoms with van der Waals surface area (Å²) in [5.74, 6) is -2.40. The van der Waals surface area contributed by atoms with Gasteiger partial charge in [0.2, 0.25) is 11.8 Å². The normalized spacial score (nSPS) is 28.4. The van der Waals surface area contributed by atoms with Crippen LogP contribution < -0.4 is 0 Å². The molecule has 0 radical (unpaired) electrons. The van der Waals surface area contributed by atoms with E-state index in [9.17, 15) is 19.5 Å². The summed E-state index contributed by atoms with van der Waals surface area (Å²) in [4.78, 5) is 36.6. The molecular weight excluding hydrogens is 234 g/mol. The van der Waals surface area contributed by atoms with Crippen LogP contribution in [0.4, 0.5) is 0 Å². The molecule has 5 heteroatoms. The fourth-order valence-electron chi connectivity index (χ4n) is 2.77. The van der Waals surface area contributed by atoms with Gasteiger partial charge in [-0.25, -0.2) is 4.79 Å². The van der Waals surface area contributed by atoms with Gasteiger partial charge in [0.05, 0.1) is 11.8 Å². The quantitative estimate of drug-likeness (QED) is 0.601. The largest absolute Gasteiger partial charge is 0.480 e. The van der Waals surface area contributed by atoms with Crippen molar-refractivity contribution in [1.29, 1.82) is 0 Å². The molecule has 18 heavy (non-hydrogen) atoms. The Hall–Kier alpha value is -1.65. The number of imide groups is 1. The molecule has 0 aromatic rings. The average Bonchev–Trinajstić information content (AvgIpc) is 2.60. The summed E-state index contributed by atoms with van der Waals surface area (Å²) in [6.45, 7) is 1.84. The van der Waals surface area contributed by atoms with Crippen LogP contribution >= 0.6 is 0 Å². The van der Waals surface area contributed by atoms with Gasteiger partial charge >= 0.3 is 5.97 Å². The molecule has 0 saturated carbocycles. The van der Waals surface area contributed by atoms with Gasteiger partial charge in [-0.15, -0.1) is 0 Å². The molecule has 1 saturated heterocycles. The van der Waals surface area contributed by atoms with Gasteiger partial charge in [0.15, 0.2) is 0 Å². The molecule has 1 aliphatic heterocycles. The Morgan fingerprint density at radius 3 is 2.22 bits per heavy atom. The molecule has 0 aromatic carbocycles. The number of hydrogen-bond donors (Lipinski definition) is 1. The highest BCUT2D eigenvalue weighted by Gasteiger charge is 2.50. The van der Waals surface area contributed by atoms with Crippen LogP contribution in [0.2, 0.25) is 0 Å². The second-order valence-corrected chi connectivity index (χ2v) is 4.84. The third-order valence-electron chi connectivity index (χ3n) is 3.70. The Balaban J connectivity index is 2.26. The van der Waals surface area contributed by atoms with Crippen molar-refractivity contribution in [3.05, 3.63) is 12.2 Å². The van der Waals surface area contributed by atoms with E-state index in [4.69, 9.17) is 0 Å². The molecule has 0 bridgehead atoms. The number of carbonyl (C=O) groups is 3. The molecule has 1 heterocycles. The number of likely N-dealkylation sites (tertiary alicyclic amines) is 1. The van der Waals surface area contributed by atoms with Crippen LogP contribution in [0.1, 0.15) is 32.6 Å². The van der Waals surface area contributed by atoms with Crippen molar-refractivity contribution in [3.8, 4) is 0 Å². The maximum atomic E-state index is 12.2. The summed E-state index contributed by atoms with van der Waals surface area (Å²) in [6.07, 6.45) is 5.83. The molecule has 1 fully saturated rings. The molecular formula is C13H17NO4. The molecule has 2 aliphatic rings. The number of hydrogen-bond acceptors (Lipinski definition) is 3. The van der Waals surface area contributed by atoms with E-state index in [-0.39, 0.29) is 23.7 Å². The maximum Gasteiger partial charge on any atom is 0.326 e. The van der Waals surface area contributed by atoms with E-state index >= 15 is 0 Å². The molecule has 1 unspecified atom stereocenters. The zero-order valence-electron chi connectivity index (χ0n) is 10.3. The number of allylic oxidation sites excluding steroid dienone is 2. The lowest BCUT2D eigenvalue weighted by Gasteiger charge is -2.22. The third-order valence-corrected chi connectivity index (χ3v) is 3.70. The van der Waals surface area contributed by atoms with Crippen LogP contribution in [-0.4, -0.2) is 33.8 Å². The average molecular weight is 251 g/mol. The van der Waals surface area contributed by atoms with Crippen LogP contribution in [0, 0.1) is 11.8 Å². The van der Waals surface area contributed by atoms with E-state index in [0.717, 1.165) is 4.90 Å². The predicted octanol–water partition coefficient (Wildman–Crippen LogP) is 1.19. The van der Waals surface area contributed by atoms with E-state index in [1.54, 1.807) is 0 Å². The van der Waals surface area contributed by atoms with Crippen molar-refractivity contribution in [1.82, 2.24) is 4.90 Å². The Bertz CT molecular complexity index is 389. The van der Waals surface area contributed by atoms with Crippen LogP contribution in [0.25, 0.3) is 0 Å². The van der Waals surface area contributed by atoms with E-state index in [1.165, 1.54) is 0 Å². The third kappa shape index (κ3) is 1.94. The lowest BCUT2D eigenvalue weighted by molar-refractivity contribution is -0.155. The van der Waals surface area contributed by atoms with Crippen LogP contribution in [0.3, 0.4) is 0 Å². The van der Waals surface area contributed by atoms with Crippen molar-refractivity contribution in [2.24, 2.45) is 11.8 Å². The molecule has 3 atom stereocenters. The van der Waals surface area contributed by atoms with E-state index < -0.39 is 12.0 Å². The van der Waals surface area contributed by atoms with Gasteiger partial charge in [0.25, 0.3) is 0 Å². The zero-order valence-corrected chi connectivity index (χ0v) is 10.3. The molecule has 0 spiro atoms. The minimum atomic E-state index is -1.09.